The van der Waals surface area contributed by atoms with Crippen molar-refractivity contribution in [2.45, 2.75) is 71.6 Å². The molecule has 0 bridgehead atoms. The summed E-state index contributed by atoms with van der Waals surface area (Å²) in [5.74, 6) is 0.606. The Labute approximate surface area is 123 Å². The molecule has 0 radical (unpaired) electrons. The Kier molecular flexibility index (Phi) is 6.90. The van der Waals surface area contributed by atoms with Gasteiger partial charge in [-0.15, -0.1) is 0 Å². The van der Waals surface area contributed by atoms with Gasteiger partial charge in [0.2, 0.25) is 0 Å². The summed E-state index contributed by atoms with van der Waals surface area (Å²) in [5.41, 5.74) is -0.558. The average Bonchev–Trinajstić information content (AvgIpc) is 2.36. The molecule has 0 heterocycles. The van der Waals surface area contributed by atoms with Crippen molar-refractivity contribution in [2.24, 2.45) is 11.8 Å². The Bertz CT molecular complexity index is 324. The zero-order valence-electron chi connectivity index (χ0n) is 12.8. The van der Waals surface area contributed by atoms with Crippen LogP contribution in [0.1, 0.15) is 59.8 Å². The summed E-state index contributed by atoms with van der Waals surface area (Å²) in [6.07, 6.45) is 4.85. The molecule has 1 N–H and O–H groups in total. The summed E-state index contributed by atoms with van der Waals surface area (Å²) >= 11 is 0. The molecule has 0 aromatic carbocycles. The third kappa shape index (κ3) is 6.19. The first-order valence-corrected chi connectivity index (χ1v) is 8.04. The molecule has 1 rings (SSSR count). The number of nitrogens with one attached hydrogen (secondary N) is 1. The highest BCUT2D eigenvalue weighted by molar-refractivity contribution is 7.17. The first kappa shape index (κ1) is 17.4. The molecule has 0 saturated heterocycles. The summed E-state index contributed by atoms with van der Waals surface area (Å²) < 4.78 is 21.1. The molecule has 1 fully saturated rings. The number of hydrogen-bond acceptors (Lipinski definition) is 4. The highest BCUT2D eigenvalue weighted by Gasteiger charge is 2.30. The molecule has 1 aliphatic carbocycles. The van der Waals surface area contributed by atoms with Crippen molar-refractivity contribution in [2.75, 3.05) is 0 Å². The fraction of sp³-hybridized carbons (Fsp3) is 0.929. The van der Waals surface area contributed by atoms with Gasteiger partial charge >= 0.3 is 14.8 Å². The van der Waals surface area contributed by atoms with E-state index in [4.69, 9.17) is 9.26 Å². The predicted molar refractivity (Wildman–Crippen MR) is 77.6 cm³/mol. The van der Waals surface area contributed by atoms with E-state index in [1.165, 1.54) is 19.3 Å². The van der Waals surface area contributed by atoms with E-state index in [0.29, 0.717) is 5.92 Å². The van der Waals surface area contributed by atoms with Crippen LogP contribution in [0, 0.1) is 11.8 Å². The van der Waals surface area contributed by atoms with E-state index in [-0.39, 0.29) is 5.92 Å². The van der Waals surface area contributed by atoms with Gasteiger partial charge in [0.15, 0.2) is 0 Å². The number of rotatable bonds is 5. The molecular formula is C14H26NO4P. The first-order valence-electron chi connectivity index (χ1n) is 7.31. The minimum Gasteiger partial charge on any atom is -0.444 e. The lowest BCUT2D eigenvalue weighted by molar-refractivity contribution is 0.0243. The van der Waals surface area contributed by atoms with Gasteiger partial charge < -0.3 is 4.74 Å². The van der Waals surface area contributed by atoms with Gasteiger partial charge in [-0.05, 0) is 26.7 Å². The average molecular weight is 303 g/mol. The standard InChI is InChI=1S/C14H26NO4P/c1-10(11-8-6-5-7-9-11)12(19-20-17)15-13(16)18-14(2,3)4/h10-12H,5-9H2,1-4H3,(H,15,16). The summed E-state index contributed by atoms with van der Waals surface area (Å²) in [4.78, 5) is 11.8. The topological polar surface area (TPSA) is 64.6 Å². The van der Waals surface area contributed by atoms with Crippen molar-refractivity contribution in [3.63, 3.8) is 0 Å². The van der Waals surface area contributed by atoms with Crippen LogP contribution in [0.4, 0.5) is 4.79 Å². The van der Waals surface area contributed by atoms with Crippen LogP contribution in [0.15, 0.2) is 0 Å². The molecule has 2 unspecified atom stereocenters. The fourth-order valence-electron chi connectivity index (χ4n) is 2.63. The van der Waals surface area contributed by atoms with Crippen LogP contribution < -0.4 is 5.32 Å². The van der Waals surface area contributed by atoms with E-state index in [2.05, 4.69) is 5.32 Å². The van der Waals surface area contributed by atoms with E-state index in [1.54, 1.807) is 20.8 Å². The molecule has 1 aliphatic rings. The summed E-state index contributed by atoms with van der Waals surface area (Å²) in [7, 11) is -0.423. The third-order valence-corrected chi connectivity index (χ3v) is 4.00. The Hall–Kier alpha value is -0.670. The number of hydrogen-bond donors (Lipinski definition) is 1. The largest absolute Gasteiger partial charge is 0.444 e. The minimum atomic E-state index is -0.577. The second-order valence-electron chi connectivity index (χ2n) is 6.50. The molecule has 2 atom stereocenters. The Morgan fingerprint density at radius 2 is 1.85 bits per heavy atom. The van der Waals surface area contributed by atoms with Gasteiger partial charge in [-0.3, -0.25) is 9.84 Å². The Balaban J connectivity index is 2.58. The lowest BCUT2D eigenvalue weighted by Crippen LogP contribution is -2.44. The van der Waals surface area contributed by atoms with Crippen molar-refractivity contribution in [1.29, 1.82) is 0 Å². The molecule has 1 amide bonds. The summed E-state index contributed by atoms with van der Waals surface area (Å²) in [6, 6.07) is 0. The van der Waals surface area contributed by atoms with E-state index >= 15 is 0 Å². The van der Waals surface area contributed by atoms with Crippen LogP contribution in [0.3, 0.4) is 0 Å². The summed E-state index contributed by atoms with van der Waals surface area (Å²) in [6.45, 7) is 7.44. The summed E-state index contributed by atoms with van der Waals surface area (Å²) in [5, 5.41) is 2.68. The van der Waals surface area contributed by atoms with Gasteiger partial charge in [0.25, 0.3) is 0 Å². The van der Waals surface area contributed by atoms with Gasteiger partial charge in [0, 0.05) is 5.92 Å². The molecular weight excluding hydrogens is 277 g/mol. The second kappa shape index (κ2) is 7.94. The fourth-order valence-corrected chi connectivity index (χ4v) is 2.97. The van der Waals surface area contributed by atoms with Crippen LogP contribution in [-0.4, -0.2) is 17.9 Å². The minimum absolute atomic E-state index is 0.115. The van der Waals surface area contributed by atoms with Crippen molar-refractivity contribution in [1.82, 2.24) is 5.32 Å². The maximum atomic E-state index is 11.8. The van der Waals surface area contributed by atoms with Gasteiger partial charge in [-0.25, -0.2) is 9.36 Å². The molecule has 1 saturated carbocycles. The van der Waals surface area contributed by atoms with Gasteiger partial charge in [0.1, 0.15) is 11.8 Å². The molecule has 5 nitrogen and oxygen atoms in total. The smallest absolute Gasteiger partial charge is 0.409 e. The van der Waals surface area contributed by atoms with E-state index < -0.39 is 26.6 Å². The molecule has 0 aromatic rings. The maximum Gasteiger partial charge on any atom is 0.409 e. The second-order valence-corrected chi connectivity index (χ2v) is 6.86. The van der Waals surface area contributed by atoms with E-state index in [9.17, 15) is 9.36 Å². The predicted octanol–water partition coefficient (Wildman–Crippen LogP) is 4.28. The third-order valence-electron chi connectivity index (χ3n) is 3.69. The lowest BCUT2D eigenvalue weighted by Gasteiger charge is -2.32. The zero-order chi connectivity index (χ0) is 15.2. The highest BCUT2D eigenvalue weighted by atomic mass is 31.1. The quantitative estimate of drug-likeness (QED) is 0.608. The van der Waals surface area contributed by atoms with Crippen LogP contribution in [0.25, 0.3) is 0 Å². The molecule has 0 aromatic heterocycles. The number of alkyl carbamates (subject to hydrolysis) is 1. The van der Waals surface area contributed by atoms with Crippen molar-refractivity contribution >= 4 is 14.8 Å². The maximum absolute atomic E-state index is 11.8. The molecule has 0 spiro atoms. The van der Waals surface area contributed by atoms with Gasteiger partial charge in [-0.2, -0.15) is 0 Å². The number of carbonyl (C=O) groups excluding carboxylic acids is 1. The van der Waals surface area contributed by atoms with Crippen molar-refractivity contribution in [3.8, 4) is 0 Å². The molecule has 0 aliphatic heterocycles. The number of amides is 1. The van der Waals surface area contributed by atoms with Crippen LogP contribution in [0.5, 0.6) is 0 Å². The van der Waals surface area contributed by atoms with Gasteiger partial charge in [-0.1, -0.05) is 39.0 Å². The van der Waals surface area contributed by atoms with E-state index in [0.717, 1.165) is 12.8 Å². The van der Waals surface area contributed by atoms with Crippen LogP contribution in [0.2, 0.25) is 0 Å². The normalized spacial score (nSPS) is 20.4. The Morgan fingerprint density at radius 3 is 2.35 bits per heavy atom. The molecule has 6 heteroatoms. The van der Waals surface area contributed by atoms with Crippen LogP contribution >= 0.6 is 8.69 Å². The van der Waals surface area contributed by atoms with Gasteiger partial charge in [0.05, 0.1) is 0 Å². The van der Waals surface area contributed by atoms with Crippen molar-refractivity contribution < 1.29 is 18.6 Å². The van der Waals surface area contributed by atoms with Crippen LogP contribution in [-0.2, 0) is 13.8 Å². The van der Waals surface area contributed by atoms with Crippen molar-refractivity contribution in [3.05, 3.63) is 0 Å². The molecule has 116 valence electrons. The number of carbonyl (C=O) groups is 1. The number of ether oxygens (including phenoxy) is 1. The monoisotopic (exact) mass is 303 g/mol. The highest BCUT2D eigenvalue weighted by Crippen LogP contribution is 2.32. The SMILES string of the molecule is CC(C1CCCCC1)C(NC(=O)OC(C)(C)C)OP=O. The molecule has 20 heavy (non-hydrogen) atoms. The lowest BCUT2D eigenvalue weighted by atomic mass is 9.80. The van der Waals surface area contributed by atoms with E-state index in [1.807, 2.05) is 6.92 Å². The first-order chi connectivity index (χ1) is 9.33. The zero-order valence-corrected chi connectivity index (χ0v) is 13.7. The Morgan fingerprint density at radius 1 is 1.25 bits per heavy atom.